The van der Waals surface area contributed by atoms with Crippen LogP contribution in [0.1, 0.15) is 16.8 Å². The van der Waals surface area contributed by atoms with Crippen LogP contribution in [0.2, 0.25) is 0 Å². The van der Waals surface area contributed by atoms with Gasteiger partial charge in [0.25, 0.3) is 5.91 Å². The Morgan fingerprint density at radius 1 is 1.31 bits per heavy atom. The Balaban J connectivity index is 2.52. The summed E-state index contributed by atoms with van der Waals surface area (Å²) in [5.41, 5.74) is 0.558. The van der Waals surface area contributed by atoms with Crippen molar-refractivity contribution in [3.63, 3.8) is 0 Å². The van der Waals surface area contributed by atoms with Gasteiger partial charge in [-0.1, -0.05) is 12.1 Å². The Hall–Kier alpha value is -1.55. The molecule has 0 atom stereocenters. The molecule has 0 aliphatic heterocycles. The topological polar surface area (TPSA) is 47.6 Å². The van der Waals surface area contributed by atoms with Gasteiger partial charge in [-0.2, -0.15) is 0 Å². The van der Waals surface area contributed by atoms with Crippen LogP contribution in [0.4, 0.5) is 0 Å². The smallest absolute Gasteiger partial charge is 0.255 e. The van der Waals surface area contributed by atoms with Gasteiger partial charge in [-0.25, -0.2) is 0 Å². The molecule has 88 valence electrons. The van der Waals surface area contributed by atoms with E-state index in [0.717, 1.165) is 6.42 Å². The number of nitrogens with one attached hydrogen (secondary N) is 1. The van der Waals surface area contributed by atoms with Gasteiger partial charge in [-0.3, -0.25) is 4.79 Å². The highest BCUT2D eigenvalue weighted by molar-refractivity contribution is 5.96. The molecule has 0 saturated heterocycles. The molecule has 0 radical (unpaired) electrons. The van der Waals surface area contributed by atoms with E-state index < -0.39 is 0 Å². The van der Waals surface area contributed by atoms with Gasteiger partial charge in [-0.15, -0.1) is 0 Å². The number of benzene rings is 1. The fourth-order valence-corrected chi connectivity index (χ4v) is 1.35. The number of methoxy groups -OCH3 is 2. The molecule has 1 rings (SSSR count). The van der Waals surface area contributed by atoms with Crippen LogP contribution in [0, 0.1) is 0 Å². The Labute approximate surface area is 95.6 Å². The van der Waals surface area contributed by atoms with Gasteiger partial charge >= 0.3 is 0 Å². The first-order valence-corrected chi connectivity index (χ1v) is 5.19. The van der Waals surface area contributed by atoms with E-state index in [1.165, 1.54) is 0 Å². The molecule has 0 unspecified atom stereocenters. The number of hydrogen-bond donors (Lipinski definition) is 1. The van der Waals surface area contributed by atoms with Gasteiger partial charge in [0.05, 0.1) is 12.7 Å². The maximum absolute atomic E-state index is 11.8. The maximum Gasteiger partial charge on any atom is 0.255 e. The standard InChI is InChI=1S/C12H17NO3/c1-15-9-5-8-13-12(14)10-6-3-4-7-11(10)16-2/h3-4,6-7H,5,8-9H2,1-2H3,(H,13,14). The number of rotatable bonds is 6. The second-order valence-corrected chi connectivity index (χ2v) is 3.30. The molecule has 1 N–H and O–H groups in total. The highest BCUT2D eigenvalue weighted by Gasteiger charge is 2.09. The van der Waals surface area contributed by atoms with Crippen molar-refractivity contribution >= 4 is 5.91 Å². The average Bonchev–Trinajstić information content (AvgIpc) is 2.34. The molecule has 0 heterocycles. The summed E-state index contributed by atoms with van der Waals surface area (Å²) in [6.07, 6.45) is 0.803. The van der Waals surface area contributed by atoms with E-state index >= 15 is 0 Å². The summed E-state index contributed by atoms with van der Waals surface area (Å²) in [6, 6.07) is 7.15. The van der Waals surface area contributed by atoms with Gasteiger partial charge in [-0.05, 0) is 18.6 Å². The van der Waals surface area contributed by atoms with E-state index in [-0.39, 0.29) is 5.91 Å². The number of carbonyl (C=O) groups is 1. The molecule has 0 aromatic heterocycles. The van der Waals surface area contributed by atoms with Crippen LogP contribution in [-0.4, -0.2) is 33.3 Å². The molecule has 16 heavy (non-hydrogen) atoms. The van der Waals surface area contributed by atoms with Crippen molar-refractivity contribution < 1.29 is 14.3 Å². The fourth-order valence-electron chi connectivity index (χ4n) is 1.35. The molecular formula is C12H17NO3. The molecule has 1 aromatic carbocycles. The van der Waals surface area contributed by atoms with Gasteiger partial charge in [0.15, 0.2) is 0 Å². The molecular weight excluding hydrogens is 206 g/mol. The predicted molar refractivity (Wildman–Crippen MR) is 61.8 cm³/mol. The number of amides is 1. The summed E-state index contributed by atoms with van der Waals surface area (Å²) in [5, 5.41) is 2.81. The summed E-state index contributed by atoms with van der Waals surface area (Å²) < 4.78 is 10.0. The lowest BCUT2D eigenvalue weighted by Crippen LogP contribution is -2.25. The lowest BCUT2D eigenvalue weighted by molar-refractivity contribution is 0.0945. The third-order valence-corrected chi connectivity index (χ3v) is 2.16. The van der Waals surface area contributed by atoms with Gasteiger partial charge in [0, 0.05) is 20.3 Å². The summed E-state index contributed by atoms with van der Waals surface area (Å²) in [5.74, 6) is 0.472. The van der Waals surface area contributed by atoms with Crippen LogP contribution in [0.3, 0.4) is 0 Å². The van der Waals surface area contributed by atoms with Gasteiger partial charge in [0.2, 0.25) is 0 Å². The van der Waals surface area contributed by atoms with Gasteiger partial charge in [0.1, 0.15) is 5.75 Å². The normalized spacial score (nSPS) is 9.88. The average molecular weight is 223 g/mol. The monoisotopic (exact) mass is 223 g/mol. The second kappa shape index (κ2) is 6.85. The van der Waals surface area contributed by atoms with E-state index in [2.05, 4.69) is 5.32 Å². The zero-order chi connectivity index (χ0) is 11.8. The van der Waals surface area contributed by atoms with Crippen LogP contribution in [0.25, 0.3) is 0 Å². The lowest BCUT2D eigenvalue weighted by atomic mass is 10.2. The molecule has 0 saturated carbocycles. The summed E-state index contributed by atoms with van der Waals surface area (Å²) in [4.78, 5) is 11.8. The SMILES string of the molecule is COCCCNC(=O)c1ccccc1OC. The first kappa shape index (κ1) is 12.5. The Kier molecular flexibility index (Phi) is 5.36. The molecule has 1 amide bonds. The van der Waals surface area contributed by atoms with Crippen molar-refractivity contribution in [2.24, 2.45) is 0 Å². The quantitative estimate of drug-likeness (QED) is 0.743. The summed E-state index contributed by atoms with van der Waals surface area (Å²) in [6.45, 7) is 1.25. The number of para-hydroxylation sites is 1. The first-order valence-electron chi connectivity index (χ1n) is 5.19. The molecule has 0 aliphatic rings. The molecule has 4 heteroatoms. The van der Waals surface area contributed by atoms with Gasteiger partial charge < -0.3 is 14.8 Å². The molecule has 0 aliphatic carbocycles. The molecule has 1 aromatic rings. The minimum Gasteiger partial charge on any atom is -0.496 e. The fraction of sp³-hybridized carbons (Fsp3) is 0.417. The van der Waals surface area contributed by atoms with Crippen LogP contribution in [-0.2, 0) is 4.74 Å². The predicted octanol–water partition coefficient (Wildman–Crippen LogP) is 1.46. The van der Waals surface area contributed by atoms with Crippen molar-refractivity contribution in [2.75, 3.05) is 27.4 Å². The second-order valence-electron chi connectivity index (χ2n) is 3.30. The van der Waals surface area contributed by atoms with Crippen LogP contribution < -0.4 is 10.1 Å². The number of ether oxygens (including phenoxy) is 2. The van der Waals surface area contributed by atoms with Crippen molar-refractivity contribution in [2.45, 2.75) is 6.42 Å². The van der Waals surface area contributed by atoms with Crippen molar-refractivity contribution in [3.8, 4) is 5.75 Å². The Morgan fingerprint density at radius 2 is 2.06 bits per heavy atom. The lowest BCUT2D eigenvalue weighted by Gasteiger charge is -2.08. The maximum atomic E-state index is 11.8. The van der Waals surface area contributed by atoms with Crippen molar-refractivity contribution in [1.82, 2.24) is 5.32 Å². The van der Waals surface area contributed by atoms with E-state index in [9.17, 15) is 4.79 Å². The Morgan fingerprint density at radius 3 is 2.75 bits per heavy atom. The van der Waals surface area contributed by atoms with Crippen LogP contribution in [0.5, 0.6) is 5.75 Å². The third kappa shape index (κ3) is 3.55. The third-order valence-electron chi connectivity index (χ3n) is 2.16. The molecule has 0 fully saturated rings. The van der Waals surface area contributed by atoms with Crippen molar-refractivity contribution in [3.05, 3.63) is 29.8 Å². The van der Waals surface area contributed by atoms with Crippen LogP contribution in [0.15, 0.2) is 24.3 Å². The summed E-state index contributed by atoms with van der Waals surface area (Å²) in [7, 11) is 3.19. The van der Waals surface area contributed by atoms with E-state index in [1.54, 1.807) is 26.4 Å². The highest BCUT2D eigenvalue weighted by Crippen LogP contribution is 2.16. The van der Waals surface area contributed by atoms with E-state index in [4.69, 9.17) is 9.47 Å². The first-order chi connectivity index (χ1) is 7.79. The zero-order valence-electron chi connectivity index (χ0n) is 9.66. The minimum atomic E-state index is -0.117. The Bertz CT molecular complexity index is 339. The zero-order valence-corrected chi connectivity index (χ0v) is 9.66. The van der Waals surface area contributed by atoms with E-state index in [0.29, 0.717) is 24.5 Å². The minimum absolute atomic E-state index is 0.117. The van der Waals surface area contributed by atoms with Crippen molar-refractivity contribution in [1.29, 1.82) is 0 Å². The summed E-state index contributed by atoms with van der Waals surface area (Å²) >= 11 is 0. The molecule has 0 spiro atoms. The largest absolute Gasteiger partial charge is 0.496 e. The number of hydrogen-bond acceptors (Lipinski definition) is 3. The highest BCUT2D eigenvalue weighted by atomic mass is 16.5. The van der Waals surface area contributed by atoms with Crippen LogP contribution >= 0.6 is 0 Å². The van der Waals surface area contributed by atoms with E-state index in [1.807, 2.05) is 12.1 Å². The molecule has 0 bridgehead atoms. The number of carbonyl (C=O) groups excluding carboxylic acids is 1. The molecule has 4 nitrogen and oxygen atoms in total.